The van der Waals surface area contributed by atoms with Gasteiger partial charge in [0.15, 0.2) is 0 Å². The Balaban J connectivity index is 1.93. The molecule has 1 aliphatic rings. The van der Waals surface area contributed by atoms with E-state index in [0.717, 1.165) is 25.7 Å². The Morgan fingerprint density at radius 2 is 2.05 bits per heavy atom. The molecule has 1 fully saturated rings. The van der Waals surface area contributed by atoms with Crippen molar-refractivity contribution in [1.82, 2.24) is 5.32 Å². The molecule has 1 aromatic carbocycles. The molecule has 2 rings (SSSR count). The fourth-order valence-electron chi connectivity index (χ4n) is 2.93. The first-order chi connectivity index (χ1) is 9.69. The maximum Gasteiger partial charge on any atom is 0.127 e. The van der Waals surface area contributed by atoms with Crippen LogP contribution in [-0.2, 0) is 6.54 Å². The van der Waals surface area contributed by atoms with Crippen LogP contribution in [0.5, 0.6) is 0 Å². The van der Waals surface area contributed by atoms with Gasteiger partial charge in [-0.25, -0.2) is 4.39 Å². The molecule has 0 heterocycles. The van der Waals surface area contributed by atoms with E-state index in [1.807, 2.05) is 6.07 Å². The van der Waals surface area contributed by atoms with Crippen molar-refractivity contribution in [3.63, 3.8) is 0 Å². The zero-order valence-electron chi connectivity index (χ0n) is 11.7. The van der Waals surface area contributed by atoms with E-state index in [1.54, 1.807) is 6.07 Å². The predicted octanol–water partition coefficient (Wildman–Crippen LogP) is 2.73. The van der Waals surface area contributed by atoms with Crippen molar-refractivity contribution < 1.29 is 9.50 Å². The van der Waals surface area contributed by atoms with Gasteiger partial charge in [-0.1, -0.05) is 19.3 Å². The molecular weight excluding hydrogens is 255 g/mol. The summed E-state index contributed by atoms with van der Waals surface area (Å²) >= 11 is 0. The van der Waals surface area contributed by atoms with Crippen LogP contribution in [0.25, 0.3) is 0 Å². The Morgan fingerprint density at radius 1 is 1.30 bits per heavy atom. The van der Waals surface area contributed by atoms with Crippen molar-refractivity contribution in [3.05, 3.63) is 35.1 Å². The quantitative estimate of drug-likeness (QED) is 0.869. The largest absolute Gasteiger partial charge is 0.396 e. The molecule has 1 aromatic rings. The Bertz CT molecular complexity index is 490. The van der Waals surface area contributed by atoms with Crippen molar-refractivity contribution in [2.24, 2.45) is 5.41 Å². The number of nitrogens with one attached hydrogen (secondary N) is 1. The highest BCUT2D eigenvalue weighted by Gasteiger charge is 2.30. The molecule has 1 aliphatic carbocycles. The average Bonchev–Trinajstić information content (AvgIpc) is 2.50. The third-order valence-electron chi connectivity index (χ3n) is 4.24. The highest BCUT2D eigenvalue weighted by atomic mass is 19.1. The van der Waals surface area contributed by atoms with Crippen LogP contribution in [-0.4, -0.2) is 18.3 Å². The average molecular weight is 276 g/mol. The van der Waals surface area contributed by atoms with Gasteiger partial charge in [0.25, 0.3) is 0 Å². The van der Waals surface area contributed by atoms with Crippen molar-refractivity contribution in [2.45, 2.75) is 38.6 Å². The van der Waals surface area contributed by atoms with Gasteiger partial charge in [-0.3, -0.25) is 0 Å². The van der Waals surface area contributed by atoms with Crippen molar-refractivity contribution in [3.8, 4) is 6.07 Å². The third kappa shape index (κ3) is 3.56. The van der Waals surface area contributed by atoms with Gasteiger partial charge in [0.05, 0.1) is 11.6 Å². The lowest BCUT2D eigenvalue weighted by atomic mass is 9.74. The maximum atomic E-state index is 13.7. The lowest BCUT2D eigenvalue weighted by Gasteiger charge is -2.35. The van der Waals surface area contributed by atoms with E-state index in [9.17, 15) is 9.50 Å². The second kappa shape index (κ2) is 6.83. The zero-order chi connectivity index (χ0) is 14.4. The van der Waals surface area contributed by atoms with Crippen molar-refractivity contribution in [1.29, 1.82) is 5.26 Å². The lowest BCUT2D eigenvalue weighted by Crippen LogP contribution is -2.38. The summed E-state index contributed by atoms with van der Waals surface area (Å²) in [5, 5.41) is 21.7. The van der Waals surface area contributed by atoms with Crippen LogP contribution in [0.4, 0.5) is 4.39 Å². The second-order valence-corrected chi connectivity index (χ2v) is 5.74. The molecule has 2 N–H and O–H groups in total. The highest BCUT2D eigenvalue weighted by molar-refractivity contribution is 5.33. The predicted molar refractivity (Wildman–Crippen MR) is 75.4 cm³/mol. The summed E-state index contributed by atoms with van der Waals surface area (Å²) in [7, 11) is 0. The molecule has 0 amide bonds. The number of halogens is 1. The van der Waals surface area contributed by atoms with Crippen LogP contribution in [0.3, 0.4) is 0 Å². The molecule has 1 saturated carbocycles. The number of hydrogen-bond donors (Lipinski definition) is 2. The normalized spacial score (nSPS) is 17.6. The highest BCUT2D eigenvalue weighted by Crippen LogP contribution is 2.35. The number of aliphatic hydroxyl groups excluding tert-OH is 1. The van der Waals surface area contributed by atoms with E-state index in [2.05, 4.69) is 5.32 Å². The fourth-order valence-corrected chi connectivity index (χ4v) is 2.93. The Kier molecular flexibility index (Phi) is 5.11. The van der Waals surface area contributed by atoms with Crippen molar-refractivity contribution in [2.75, 3.05) is 13.2 Å². The van der Waals surface area contributed by atoms with Gasteiger partial charge in [0, 0.05) is 30.7 Å². The van der Waals surface area contributed by atoms with Crippen LogP contribution in [0, 0.1) is 22.6 Å². The van der Waals surface area contributed by atoms with Gasteiger partial charge in [0.2, 0.25) is 0 Å². The second-order valence-electron chi connectivity index (χ2n) is 5.74. The minimum absolute atomic E-state index is 0.0540. The smallest absolute Gasteiger partial charge is 0.127 e. The lowest BCUT2D eigenvalue weighted by molar-refractivity contribution is 0.0810. The minimum Gasteiger partial charge on any atom is -0.396 e. The van der Waals surface area contributed by atoms with E-state index in [1.165, 1.54) is 18.6 Å². The molecule has 20 heavy (non-hydrogen) atoms. The number of nitrogens with zero attached hydrogens (tertiary/aromatic N) is 1. The molecule has 108 valence electrons. The Hall–Kier alpha value is -1.44. The van der Waals surface area contributed by atoms with Crippen molar-refractivity contribution >= 4 is 0 Å². The van der Waals surface area contributed by atoms with E-state index in [-0.39, 0.29) is 17.8 Å². The van der Waals surface area contributed by atoms with Gasteiger partial charge in [-0.15, -0.1) is 0 Å². The van der Waals surface area contributed by atoms with E-state index in [0.29, 0.717) is 24.2 Å². The van der Waals surface area contributed by atoms with E-state index in [4.69, 9.17) is 5.26 Å². The molecule has 0 aromatic heterocycles. The van der Waals surface area contributed by atoms with Gasteiger partial charge < -0.3 is 10.4 Å². The fraction of sp³-hybridized carbons (Fsp3) is 0.562. The molecule has 0 aliphatic heterocycles. The summed E-state index contributed by atoms with van der Waals surface area (Å²) in [5.74, 6) is -0.293. The number of aliphatic hydroxyl groups is 1. The molecule has 0 radical (unpaired) electrons. The molecule has 0 spiro atoms. The monoisotopic (exact) mass is 276 g/mol. The van der Waals surface area contributed by atoms with Crippen LogP contribution in [0.15, 0.2) is 18.2 Å². The molecule has 0 bridgehead atoms. The molecular formula is C16H21FN2O. The number of benzene rings is 1. The zero-order valence-corrected chi connectivity index (χ0v) is 11.7. The van der Waals surface area contributed by atoms with Crippen LogP contribution >= 0.6 is 0 Å². The third-order valence-corrected chi connectivity index (χ3v) is 4.24. The SMILES string of the molecule is N#Cc1ccc(F)c(CNCC2(CO)CCCCC2)c1. The number of rotatable bonds is 5. The van der Waals surface area contributed by atoms with Crippen LogP contribution in [0.1, 0.15) is 43.2 Å². The first kappa shape index (κ1) is 15.0. The number of nitriles is 1. The molecule has 0 atom stereocenters. The first-order valence-corrected chi connectivity index (χ1v) is 7.19. The van der Waals surface area contributed by atoms with E-state index < -0.39 is 0 Å². The summed E-state index contributed by atoms with van der Waals surface area (Å²) in [5.41, 5.74) is 0.923. The van der Waals surface area contributed by atoms with Gasteiger partial charge in [-0.05, 0) is 31.0 Å². The van der Waals surface area contributed by atoms with Gasteiger partial charge in [-0.2, -0.15) is 5.26 Å². The number of hydrogen-bond acceptors (Lipinski definition) is 3. The van der Waals surface area contributed by atoms with Crippen LogP contribution in [0.2, 0.25) is 0 Å². The molecule has 0 saturated heterocycles. The first-order valence-electron chi connectivity index (χ1n) is 7.19. The Morgan fingerprint density at radius 3 is 2.70 bits per heavy atom. The standard InChI is InChI=1S/C16H21FN2O/c17-15-5-4-13(9-18)8-14(15)10-19-11-16(12-20)6-2-1-3-7-16/h4-5,8,19-20H,1-3,6-7,10-12H2. The van der Waals surface area contributed by atoms with Gasteiger partial charge >= 0.3 is 0 Å². The Labute approximate surface area is 119 Å². The van der Waals surface area contributed by atoms with Crippen LogP contribution < -0.4 is 5.32 Å². The summed E-state index contributed by atoms with van der Waals surface area (Å²) < 4.78 is 13.7. The van der Waals surface area contributed by atoms with Gasteiger partial charge in [0.1, 0.15) is 5.82 Å². The molecule has 3 nitrogen and oxygen atoms in total. The minimum atomic E-state index is -0.293. The topological polar surface area (TPSA) is 56.0 Å². The maximum absolute atomic E-state index is 13.7. The summed E-state index contributed by atoms with van der Waals surface area (Å²) in [6.45, 7) is 1.27. The summed E-state index contributed by atoms with van der Waals surface area (Å²) in [6, 6.07) is 6.41. The summed E-state index contributed by atoms with van der Waals surface area (Å²) in [6.07, 6.45) is 5.59. The summed E-state index contributed by atoms with van der Waals surface area (Å²) in [4.78, 5) is 0. The van der Waals surface area contributed by atoms with E-state index >= 15 is 0 Å². The molecule has 0 unspecified atom stereocenters. The molecule has 4 heteroatoms.